The van der Waals surface area contributed by atoms with Gasteiger partial charge in [0.1, 0.15) is 16.9 Å². The number of hydrogen-bond donors (Lipinski definition) is 2. The number of carbonyl (C=O) groups excluding carboxylic acids is 1. The van der Waals surface area contributed by atoms with Crippen molar-refractivity contribution in [3.05, 3.63) is 58.4 Å². The molecule has 7 nitrogen and oxygen atoms in total. The number of hydrogen-bond acceptors (Lipinski definition) is 7. The van der Waals surface area contributed by atoms with Gasteiger partial charge in [-0.15, -0.1) is 16.4 Å². The molecular formula is C23H24F3N5O2S. The second-order valence-corrected chi connectivity index (χ2v) is 9.36. The van der Waals surface area contributed by atoms with Crippen molar-refractivity contribution in [1.29, 1.82) is 0 Å². The number of rotatable bonds is 6. The summed E-state index contributed by atoms with van der Waals surface area (Å²) in [7, 11) is 0. The van der Waals surface area contributed by atoms with Gasteiger partial charge in [-0.2, -0.15) is 18.3 Å². The summed E-state index contributed by atoms with van der Waals surface area (Å²) in [4.78, 5) is 18.5. The molecule has 0 radical (unpaired) electrons. The molecule has 1 aliphatic rings. The van der Waals surface area contributed by atoms with Gasteiger partial charge in [0.05, 0.1) is 11.7 Å². The molecule has 180 valence electrons. The Hall–Kier alpha value is -3.05. The topological polar surface area (TPSA) is 89.0 Å². The number of carbonyl (C=O) groups is 1. The van der Waals surface area contributed by atoms with Crippen LogP contribution in [0.15, 0.2) is 36.5 Å². The molecule has 2 N–H and O–H groups in total. The monoisotopic (exact) mass is 491 g/mol. The second kappa shape index (κ2) is 10.1. The lowest BCUT2D eigenvalue weighted by Crippen LogP contribution is -2.34. The number of nitrogens with zero attached hydrogens (tertiary/aromatic N) is 3. The summed E-state index contributed by atoms with van der Waals surface area (Å²) in [5, 5.41) is 13.7. The second-order valence-electron chi connectivity index (χ2n) is 8.13. The number of aromatic nitrogens is 3. The van der Waals surface area contributed by atoms with E-state index in [0.717, 1.165) is 47.4 Å². The van der Waals surface area contributed by atoms with Crippen molar-refractivity contribution in [2.45, 2.75) is 45.0 Å². The molecule has 3 aromatic rings. The third-order valence-electron chi connectivity index (χ3n) is 5.39. The fourth-order valence-corrected chi connectivity index (χ4v) is 4.35. The zero-order valence-electron chi connectivity index (χ0n) is 18.6. The summed E-state index contributed by atoms with van der Waals surface area (Å²) in [6.45, 7) is 5.33. The molecule has 1 aromatic carbocycles. The Morgan fingerprint density at radius 2 is 1.97 bits per heavy atom. The van der Waals surface area contributed by atoms with Crippen LogP contribution in [0, 0.1) is 6.92 Å². The van der Waals surface area contributed by atoms with E-state index in [9.17, 15) is 18.0 Å². The molecule has 1 aliphatic heterocycles. The largest absolute Gasteiger partial charge is 0.490 e. The lowest BCUT2D eigenvalue weighted by molar-refractivity contribution is -0.141. The van der Waals surface area contributed by atoms with Gasteiger partial charge >= 0.3 is 6.18 Å². The van der Waals surface area contributed by atoms with Gasteiger partial charge in [0.15, 0.2) is 5.69 Å². The molecule has 34 heavy (non-hydrogen) atoms. The van der Waals surface area contributed by atoms with Gasteiger partial charge in [0, 0.05) is 22.2 Å². The highest BCUT2D eigenvalue weighted by Gasteiger charge is 2.33. The van der Waals surface area contributed by atoms with Gasteiger partial charge < -0.3 is 15.4 Å². The number of benzene rings is 1. The lowest BCUT2D eigenvalue weighted by atomic mass is 10.1. The Morgan fingerprint density at radius 1 is 1.21 bits per heavy atom. The van der Waals surface area contributed by atoms with Crippen LogP contribution in [0.3, 0.4) is 0 Å². The van der Waals surface area contributed by atoms with Crippen LogP contribution in [0.5, 0.6) is 5.75 Å². The van der Waals surface area contributed by atoms with Crippen LogP contribution >= 0.6 is 11.3 Å². The van der Waals surface area contributed by atoms with Crippen molar-refractivity contribution in [3.8, 4) is 16.3 Å². The quantitative estimate of drug-likeness (QED) is 0.526. The van der Waals surface area contributed by atoms with Crippen molar-refractivity contribution in [1.82, 2.24) is 25.8 Å². The maximum Gasteiger partial charge on any atom is 0.435 e. The van der Waals surface area contributed by atoms with E-state index in [-0.39, 0.29) is 11.8 Å². The molecule has 0 bridgehead atoms. The number of alkyl halides is 3. The standard InChI is InChI=1S/C23H24F3N5O2S/c1-13-12-28-22(34-13)16-9-15(10-18(11-16)33-17-5-7-27-8-6-17)21(32)29-14(2)19-3-4-20(31-30-19)23(24,25)26/h3-4,9-12,14,17,27H,5-8H2,1-2H3,(H,29,32)/t14-/m1/s1. The third-order valence-corrected chi connectivity index (χ3v) is 6.35. The van der Waals surface area contributed by atoms with Crippen LogP contribution < -0.4 is 15.4 Å². The third kappa shape index (κ3) is 5.89. The first-order valence-corrected chi connectivity index (χ1v) is 11.7. The normalized spacial score (nSPS) is 15.7. The minimum Gasteiger partial charge on any atom is -0.490 e. The van der Waals surface area contributed by atoms with E-state index < -0.39 is 23.8 Å². The highest BCUT2D eigenvalue weighted by molar-refractivity contribution is 7.14. The molecule has 2 aromatic heterocycles. The first-order chi connectivity index (χ1) is 16.2. The zero-order chi connectivity index (χ0) is 24.3. The number of aryl methyl sites for hydroxylation is 1. The Morgan fingerprint density at radius 3 is 2.59 bits per heavy atom. The Labute approximate surface area is 198 Å². The minimum atomic E-state index is -4.57. The van der Waals surface area contributed by atoms with Gasteiger partial charge in [-0.1, -0.05) is 0 Å². The average Bonchev–Trinajstić information content (AvgIpc) is 3.25. The van der Waals surface area contributed by atoms with Gasteiger partial charge in [-0.05, 0) is 70.1 Å². The molecular weight excluding hydrogens is 467 g/mol. The molecule has 1 atom stereocenters. The first-order valence-electron chi connectivity index (χ1n) is 10.9. The summed E-state index contributed by atoms with van der Waals surface area (Å²) in [5.41, 5.74) is 0.262. The van der Waals surface area contributed by atoms with E-state index in [1.54, 1.807) is 25.3 Å². The van der Waals surface area contributed by atoms with E-state index in [2.05, 4.69) is 25.8 Å². The molecule has 0 saturated carbocycles. The average molecular weight is 492 g/mol. The van der Waals surface area contributed by atoms with Crippen LogP contribution in [0.25, 0.3) is 10.6 Å². The van der Waals surface area contributed by atoms with Crippen molar-refractivity contribution in [2.75, 3.05) is 13.1 Å². The number of thiazole rings is 1. The fraction of sp³-hybridized carbons (Fsp3) is 0.391. The van der Waals surface area contributed by atoms with E-state index in [1.807, 2.05) is 13.0 Å². The highest BCUT2D eigenvalue weighted by Crippen LogP contribution is 2.31. The number of nitrogens with one attached hydrogen (secondary N) is 2. The zero-order valence-corrected chi connectivity index (χ0v) is 19.5. The SMILES string of the molecule is Cc1cnc(-c2cc(OC3CCNCC3)cc(C(=O)N[C@H](C)c3ccc(C(F)(F)F)nn3)c2)s1. The van der Waals surface area contributed by atoms with Crippen molar-refractivity contribution < 1.29 is 22.7 Å². The predicted molar refractivity (Wildman–Crippen MR) is 122 cm³/mol. The van der Waals surface area contributed by atoms with Crippen molar-refractivity contribution >= 4 is 17.2 Å². The van der Waals surface area contributed by atoms with E-state index in [1.165, 1.54) is 17.4 Å². The number of halogens is 3. The van der Waals surface area contributed by atoms with Crippen molar-refractivity contribution in [2.24, 2.45) is 0 Å². The van der Waals surface area contributed by atoms with Gasteiger partial charge in [0.2, 0.25) is 0 Å². The molecule has 4 rings (SSSR count). The fourth-order valence-electron chi connectivity index (χ4n) is 3.59. The molecule has 1 saturated heterocycles. The Balaban J connectivity index is 1.56. The van der Waals surface area contributed by atoms with Crippen LogP contribution in [-0.2, 0) is 6.18 Å². The number of ether oxygens (including phenoxy) is 1. The van der Waals surface area contributed by atoms with Crippen LogP contribution in [0.1, 0.15) is 52.4 Å². The van der Waals surface area contributed by atoms with Gasteiger partial charge in [0.25, 0.3) is 5.91 Å². The van der Waals surface area contributed by atoms with Crippen LogP contribution in [0.2, 0.25) is 0 Å². The van der Waals surface area contributed by atoms with Crippen LogP contribution in [-0.4, -0.2) is 40.3 Å². The summed E-state index contributed by atoms with van der Waals surface area (Å²) in [6.07, 6.45) is -1.02. The molecule has 3 heterocycles. The van der Waals surface area contributed by atoms with Crippen molar-refractivity contribution in [3.63, 3.8) is 0 Å². The van der Waals surface area contributed by atoms with Gasteiger partial charge in [-0.25, -0.2) is 4.98 Å². The van der Waals surface area contributed by atoms with E-state index in [0.29, 0.717) is 11.3 Å². The van der Waals surface area contributed by atoms with Gasteiger partial charge in [-0.3, -0.25) is 4.79 Å². The first kappa shape index (κ1) is 24.1. The Bertz CT molecular complexity index is 1140. The maximum atomic E-state index is 13.1. The van der Waals surface area contributed by atoms with E-state index >= 15 is 0 Å². The predicted octanol–water partition coefficient (Wildman–Crippen LogP) is 4.55. The minimum absolute atomic E-state index is 0.0480. The molecule has 1 amide bonds. The lowest BCUT2D eigenvalue weighted by Gasteiger charge is -2.24. The smallest absolute Gasteiger partial charge is 0.435 e. The summed E-state index contributed by atoms with van der Waals surface area (Å²) in [5.74, 6) is 0.170. The number of amides is 1. The number of piperidine rings is 1. The molecule has 0 spiro atoms. The van der Waals surface area contributed by atoms with Crippen LogP contribution in [0.4, 0.5) is 13.2 Å². The molecule has 1 fully saturated rings. The highest BCUT2D eigenvalue weighted by atomic mass is 32.1. The van der Waals surface area contributed by atoms with E-state index in [4.69, 9.17) is 4.74 Å². The summed E-state index contributed by atoms with van der Waals surface area (Å²) in [6, 6.07) is 6.69. The summed E-state index contributed by atoms with van der Waals surface area (Å²) < 4.78 is 44.4. The molecule has 11 heteroatoms. The molecule has 0 aliphatic carbocycles. The Kier molecular flexibility index (Phi) is 7.13. The maximum absolute atomic E-state index is 13.1. The summed E-state index contributed by atoms with van der Waals surface area (Å²) >= 11 is 1.51. The molecule has 0 unspecified atom stereocenters.